The van der Waals surface area contributed by atoms with E-state index in [2.05, 4.69) is 87.7 Å². The van der Waals surface area contributed by atoms with Crippen molar-refractivity contribution in [2.45, 2.75) is 53.0 Å². The molecule has 2 rings (SSSR count). The lowest BCUT2D eigenvalue weighted by Gasteiger charge is -2.21. The molecule has 0 saturated carbocycles. The van der Waals surface area contributed by atoms with Crippen LogP contribution in [0.25, 0.3) is 0 Å². The Bertz CT molecular complexity index is 689. The van der Waals surface area contributed by atoms with Crippen molar-refractivity contribution in [1.29, 1.82) is 0 Å². The topological polar surface area (TPSA) is 24.1 Å². The van der Waals surface area contributed by atoms with E-state index in [9.17, 15) is 0 Å². The lowest BCUT2D eigenvalue weighted by atomic mass is 9.98. The van der Waals surface area contributed by atoms with Gasteiger partial charge < -0.3 is 10.6 Å². The average Bonchev–Trinajstić information content (AvgIpc) is 2.56. The van der Waals surface area contributed by atoms with Crippen molar-refractivity contribution in [1.82, 2.24) is 5.32 Å². The molecule has 1 unspecified atom stereocenters. The number of hydrogen-bond acceptors (Lipinski definition) is 1. The Kier molecular flexibility index (Phi) is 6.38. The van der Waals surface area contributed by atoms with Gasteiger partial charge in [0.25, 0.3) is 0 Å². The summed E-state index contributed by atoms with van der Waals surface area (Å²) in [4.78, 5) is 0. The van der Waals surface area contributed by atoms with Crippen LogP contribution in [-0.2, 0) is 0 Å². The molecule has 2 aromatic rings. The first-order valence-corrected chi connectivity index (χ1v) is 9.06. The molecule has 0 aromatic heterocycles. The van der Waals surface area contributed by atoms with Gasteiger partial charge in [0.05, 0.1) is 6.04 Å². The Hall–Kier alpha value is -1.87. The highest BCUT2D eigenvalue weighted by Gasteiger charge is 2.12. The summed E-state index contributed by atoms with van der Waals surface area (Å²) in [5.74, 6) is 0.555. The molecular formula is C21H28N2S. The fraction of sp³-hybridized carbons (Fsp3) is 0.381. The normalized spacial score (nSPS) is 12.1. The van der Waals surface area contributed by atoms with Crippen LogP contribution < -0.4 is 10.6 Å². The molecule has 0 aliphatic rings. The first-order chi connectivity index (χ1) is 11.4. The van der Waals surface area contributed by atoms with Crippen molar-refractivity contribution < 1.29 is 0 Å². The van der Waals surface area contributed by atoms with Crippen LogP contribution in [0.5, 0.6) is 0 Å². The molecule has 0 spiro atoms. The van der Waals surface area contributed by atoms with Crippen LogP contribution in [0.2, 0.25) is 0 Å². The van der Waals surface area contributed by atoms with Crippen molar-refractivity contribution in [3.63, 3.8) is 0 Å². The highest BCUT2D eigenvalue weighted by Crippen LogP contribution is 2.21. The van der Waals surface area contributed by atoms with Gasteiger partial charge in [0.15, 0.2) is 5.11 Å². The van der Waals surface area contributed by atoms with Gasteiger partial charge in [-0.3, -0.25) is 0 Å². The minimum absolute atomic E-state index is 0.219. The molecule has 0 radical (unpaired) electrons. The van der Waals surface area contributed by atoms with Gasteiger partial charge >= 0.3 is 0 Å². The Balaban J connectivity index is 2.06. The second kappa shape index (κ2) is 8.29. The fourth-order valence-corrected chi connectivity index (χ4v) is 2.97. The number of anilines is 1. The largest absolute Gasteiger partial charge is 0.356 e. The maximum atomic E-state index is 5.53. The van der Waals surface area contributed by atoms with Gasteiger partial charge in [0, 0.05) is 5.69 Å². The molecule has 0 aliphatic carbocycles. The maximum Gasteiger partial charge on any atom is 0.171 e. The average molecular weight is 341 g/mol. The molecule has 2 nitrogen and oxygen atoms in total. The summed E-state index contributed by atoms with van der Waals surface area (Å²) >= 11 is 5.53. The zero-order valence-electron chi connectivity index (χ0n) is 15.3. The van der Waals surface area contributed by atoms with Crippen molar-refractivity contribution in [3.05, 3.63) is 64.7 Å². The monoisotopic (exact) mass is 340 g/mol. The van der Waals surface area contributed by atoms with Crippen LogP contribution >= 0.6 is 12.2 Å². The van der Waals surface area contributed by atoms with Crippen LogP contribution in [0.15, 0.2) is 42.5 Å². The third-order valence-electron chi connectivity index (χ3n) is 4.36. The van der Waals surface area contributed by atoms with E-state index in [0.29, 0.717) is 11.0 Å². The first kappa shape index (κ1) is 18.5. The van der Waals surface area contributed by atoms with Crippen molar-refractivity contribution in [2.75, 3.05) is 5.32 Å². The van der Waals surface area contributed by atoms with Gasteiger partial charge in [-0.2, -0.15) is 0 Å². The van der Waals surface area contributed by atoms with E-state index >= 15 is 0 Å². The van der Waals surface area contributed by atoms with E-state index in [-0.39, 0.29) is 6.04 Å². The number of rotatable bonds is 5. The van der Waals surface area contributed by atoms with E-state index in [4.69, 9.17) is 12.2 Å². The molecule has 128 valence electrons. The van der Waals surface area contributed by atoms with Gasteiger partial charge in [0.1, 0.15) is 0 Å². The minimum Gasteiger partial charge on any atom is -0.356 e. The molecule has 0 heterocycles. The lowest BCUT2D eigenvalue weighted by molar-refractivity contribution is 0.628. The molecule has 0 bridgehead atoms. The molecule has 1 atom stereocenters. The molecule has 24 heavy (non-hydrogen) atoms. The van der Waals surface area contributed by atoms with E-state index in [1.807, 2.05) is 0 Å². The van der Waals surface area contributed by atoms with Gasteiger partial charge in [-0.15, -0.1) is 0 Å². The van der Waals surface area contributed by atoms with Crippen LogP contribution in [0, 0.1) is 13.8 Å². The standard InChI is InChI=1S/C21H28N2S/c1-6-19(18-11-9-17(10-12-18)14(2)3)22-21(24)23-20-13-15(4)7-8-16(20)5/h7-14,19H,6H2,1-5H3,(H2,22,23,24). The lowest BCUT2D eigenvalue weighted by Crippen LogP contribution is -2.32. The molecule has 0 saturated heterocycles. The van der Waals surface area contributed by atoms with E-state index in [1.165, 1.54) is 22.3 Å². The second-order valence-corrected chi connectivity index (χ2v) is 7.11. The van der Waals surface area contributed by atoms with Crippen molar-refractivity contribution >= 4 is 23.0 Å². The molecule has 0 amide bonds. The third-order valence-corrected chi connectivity index (χ3v) is 4.58. The predicted molar refractivity (Wildman–Crippen MR) is 109 cm³/mol. The van der Waals surface area contributed by atoms with Crippen molar-refractivity contribution in [3.8, 4) is 0 Å². The van der Waals surface area contributed by atoms with Gasteiger partial charge in [-0.1, -0.05) is 57.2 Å². The minimum atomic E-state index is 0.219. The fourth-order valence-electron chi connectivity index (χ4n) is 2.72. The summed E-state index contributed by atoms with van der Waals surface area (Å²) in [5, 5.41) is 7.45. The van der Waals surface area contributed by atoms with Crippen LogP contribution in [0.3, 0.4) is 0 Å². The number of aryl methyl sites for hydroxylation is 2. The number of benzene rings is 2. The molecule has 0 fully saturated rings. The second-order valence-electron chi connectivity index (χ2n) is 6.70. The SMILES string of the molecule is CCC(NC(=S)Nc1cc(C)ccc1C)c1ccc(C(C)C)cc1. The van der Waals surface area contributed by atoms with Gasteiger partial charge in [0.2, 0.25) is 0 Å². The zero-order chi connectivity index (χ0) is 17.7. The van der Waals surface area contributed by atoms with E-state index in [0.717, 1.165) is 12.1 Å². The summed E-state index contributed by atoms with van der Waals surface area (Å²) in [5.41, 5.74) is 6.12. The zero-order valence-corrected chi connectivity index (χ0v) is 16.1. The maximum absolute atomic E-state index is 5.53. The number of nitrogens with one attached hydrogen (secondary N) is 2. The molecular weight excluding hydrogens is 312 g/mol. The van der Waals surface area contributed by atoms with Crippen LogP contribution in [0.1, 0.15) is 61.4 Å². The van der Waals surface area contributed by atoms with Crippen LogP contribution in [-0.4, -0.2) is 5.11 Å². The summed E-state index contributed by atoms with van der Waals surface area (Å²) in [6.07, 6.45) is 0.982. The Labute approximate surface area is 151 Å². The number of thiocarbonyl (C=S) groups is 1. The van der Waals surface area contributed by atoms with E-state index < -0.39 is 0 Å². The van der Waals surface area contributed by atoms with E-state index in [1.54, 1.807) is 0 Å². The Morgan fingerprint density at radius 1 is 1.00 bits per heavy atom. The quantitative estimate of drug-likeness (QED) is 0.666. The molecule has 3 heteroatoms. The Morgan fingerprint density at radius 2 is 1.62 bits per heavy atom. The van der Waals surface area contributed by atoms with Crippen LogP contribution in [0.4, 0.5) is 5.69 Å². The molecule has 2 aromatic carbocycles. The molecule has 0 aliphatic heterocycles. The highest BCUT2D eigenvalue weighted by molar-refractivity contribution is 7.80. The molecule has 2 N–H and O–H groups in total. The van der Waals surface area contributed by atoms with Gasteiger partial charge in [-0.05, 0) is 66.7 Å². The summed E-state index contributed by atoms with van der Waals surface area (Å²) in [6.45, 7) is 10.8. The van der Waals surface area contributed by atoms with Crippen molar-refractivity contribution in [2.24, 2.45) is 0 Å². The highest BCUT2D eigenvalue weighted by atomic mass is 32.1. The summed E-state index contributed by atoms with van der Waals surface area (Å²) in [6, 6.07) is 15.4. The Morgan fingerprint density at radius 3 is 2.21 bits per heavy atom. The summed E-state index contributed by atoms with van der Waals surface area (Å²) < 4.78 is 0. The predicted octanol–water partition coefficient (Wildman–Crippen LogP) is 5.86. The number of hydrogen-bond donors (Lipinski definition) is 2. The van der Waals surface area contributed by atoms with Gasteiger partial charge in [-0.25, -0.2) is 0 Å². The third kappa shape index (κ3) is 4.81. The summed E-state index contributed by atoms with van der Waals surface area (Å²) in [7, 11) is 0. The first-order valence-electron chi connectivity index (χ1n) is 8.65. The smallest absolute Gasteiger partial charge is 0.171 e.